The van der Waals surface area contributed by atoms with E-state index in [1.54, 1.807) is 25.6 Å². The van der Waals surface area contributed by atoms with Gasteiger partial charge in [-0.15, -0.1) is 0 Å². The number of carbonyl (C=O) groups excluding carboxylic acids is 1. The number of anilines is 1. The number of piperazine rings is 1. The normalized spacial score (nSPS) is 14.5. The van der Waals surface area contributed by atoms with Crippen LogP contribution in [0.4, 0.5) is 5.13 Å². The molecule has 3 aromatic carbocycles. The van der Waals surface area contributed by atoms with E-state index in [4.69, 9.17) is 14.5 Å². The zero-order valence-electron chi connectivity index (χ0n) is 19.4. The second-order valence-electron chi connectivity index (χ2n) is 8.26. The first-order valence-electron chi connectivity index (χ1n) is 11.4. The van der Waals surface area contributed by atoms with Crippen LogP contribution in [0.2, 0.25) is 0 Å². The number of carbonyl (C=O) groups is 1. The van der Waals surface area contributed by atoms with Crippen LogP contribution >= 0.6 is 11.3 Å². The molecule has 0 atom stereocenters. The van der Waals surface area contributed by atoms with Crippen LogP contribution in [0.5, 0.6) is 11.5 Å². The molecule has 1 fully saturated rings. The lowest BCUT2D eigenvalue weighted by Crippen LogP contribution is -2.48. The lowest BCUT2D eigenvalue weighted by Gasteiger charge is -2.34. The molecule has 1 aliphatic heterocycles. The fraction of sp³-hybridized carbons (Fsp3) is 0.308. The third-order valence-electron chi connectivity index (χ3n) is 6.29. The quantitative estimate of drug-likeness (QED) is 0.435. The van der Waals surface area contributed by atoms with Crippen molar-refractivity contribution in [2.24, 2.45) is 0 Å². The van der Waals surface area contributed by atoms with E-state index in [2.05, 4.69) is 15.1 Å². The van der Waals surface area contributed by atoms with Gasteiger partial charge >= 0.3 is 0 Å². The smallest absolute Gasteiger partial charge is 0.251 e. The van der Waals surface area contributed by atoms with Crippen molar-refractivity contribution < 1.29 is 14.3 Å². The van der Waals surface area contributed by atoms with Crippen molar-refractivity contribution in [3.63, 3.8) is 0 Å². The standard InChI is InChI=1S/C26H28N4O3S/c1-32-21-10-11-22(33-2)24-23(21)28-26(34-24)30-16-14-29(15-17-30)13-12-27-25(31)20-9-5-7-18-6-3-4-8-19(18)20/h3-11H,12-17H2,1-2H3,(H,27,31). The molecule has 0 saturated carbocycles. The van der Waals surface area contributed by atoms with Crippen molar-refractivity contribution in [2.45, 2.75) is 0 Å². The Kier molecular flexibility index (Phi) is 6.51. The summed E-state index contributed by atoms with van der Waals surface area (Å²) in [5.74, 6) is 1.56. The molecule has 7 nitrogen and oxygen atoms in total. The highest BCUT2D eigenvalue weighted by Crippen LogP contribution is 2.40. The molecule has 1 amide bonds. The number of rotatable bonds is 7. The summed E-state index contributed by atoms with van der Waals surface area (Å²) in [6.45, 7) is 5.08. The summed E-state index contributed by atoms with van der Waals surface area (Å²) in [5, 5.41) is 6.15. The van der Waals surface area contributed by atoms with Crippen molar-refractivity contribution in [1.29, 1.82) is 0 Å². The first-order chi connectivity index (χ1) is 16.7. The molecule has 8 heteroatoms. The minimum absolute atomic E-state index is 0.0205. The van der Waals surface area contributed by atoms with Crippen molar-refractivity contribution in [3.8, 4) is 11.5 Å². The maximum atomic E-state index is 12.8. The molecule has 1 aliphatic rings. The Morgan fingerprint density at radius 1 is 0.971 bits per heavy atom. The Morgan fingerprint density at radius 3 is 2.50 bits per heavy atom. The van der Waals surface area contributed by atoms with Crippen LogP contribution in [-0.2, 0) is 0 Å². The third-order valence-corrected chi connectivity index (χ3v) is 7.42. The highest BCUT2D eigenvalue weighted by molar-refractivity contribution is 7.22. The number of hydrogen-bond acceptors (Lipinski definition) is 7. The molecule has 5 rings (SSSR count). The molecule has 1 N–H and O–H groups in total. The van der Waals surface area contributed by atoms with Gasteiger partial charge in [0.15, 0.2) is 5.13 Å². The molecule has 1 saturated heterocycles. The van der Waals surface area contributed by atoms with Gasteiger partial charge in [-0.1, -0.05) is 47.7 Å². The fourth-order valence-corrected chi connectivity index (χ4v) is 5.54. The van der Waals surface area contributed by atoms with Crippen LogP contribution in [0.15, 0.2) is 54.6 Å². The van der Waals surface area contributed by atoms with Gasteiger partial charge in [-0.3, -0.25) is 9.69 Å². The van der Waals surface area contributed by atoms with Gasteiger partial charge in [0.2, 0.25) is 0 Å². The first-order valence-corrected chi connectivity index (χ1v) is 12.2. The molecule has 0 spiro atoms. The van der Waals surface area contributed by atoms with Gasteiger partial charge in [0.25, 0.3) is 5.91 Å². The van der Waals surface area contributed by atoms with E-state index in [9.17, 15) is 4.79 Å². The monoisotopic (exact) mass is 476 g/mol. The zero-order valence-corrected chi connectivity index (χ0v) is 20.2. The van der Waals surface area contributed by atoms with Gasteiger partial charge in [-0.25, -0.2) is 4.98 Å². The topological polar surface area (TPSA) is 66.9 Å². The molecule has 34 heavy (non-hydrogen) atoms. The first kappa shape index (κ1) is 22.4. The van der Waals surface area contributed by atoms with Crippen LogP contribution in [0.25, 0.3) is 21.0 Å². The van der Waals surface area contributed by atoms with Gasteiger partial charge in [0.1, 0.15) is 21.7 Å². The van der Waals surface area contributed by atoms with E-state index in [1.807, 2.05) is 54.6 Å². The van der Waals surface area contributed by atoms with Crippen LogP contribution in [0, 0.1) is 0 Å². The summed E-state index contributed by atoms with van der Waals surface area (Å²) in [4.78, 5) is 22.3. The summed E-state index contributed by atoms with van der Waals surface area (Å²) >= 11 is 1.64. The Labute approximate surface area is 202 Å². The third kappa shape index (κ3) is 4.38. The summed E-state index contributed by atoms with van der Waals surface area (Å²) < 4.78 is 12.0. The van der Waals surface area contributed by atoms with E-state index < -0.39 is 0 Å². The molecule has 0 aliphatic carbocycles. The molecule has 4 aromatic rings. The van der Waals surface area contributed by atoms with Crippen LogP contribution in [0.3, 0.4) is 0 Å². The molecule has 176 valence electrons. The Bertz CT molecular complexity index is 1270. The number of aromatic nitrogens is 1. The number of fused-ring (bicyclic) bond motifs is 2. The number of benzene rings is 3. The van der Waals surface area contributed by atoms with Gasteiger partial charge < -0.3 is 19.7 Å². The summed E-state index contributed by atoms with van der Waals surface area (Å²) in [7, 11) is 3.34. The van der Waals surface area contributed by atoms with Crippen LogP contribution < -0.4 is 19.7 Å². The average Bonchev–Trinajstić information content (AvgIpc) is 3.34. The average molecular weight is 477 g/mol. The summed E-state index contributed by atoms with van der Waals surface area (Å²) in [5.41, 5.74) is 1.57. The number of hydrogen-bond donors (Lipinski definition) is 1. The number of nitrogens with one attached hydrogen (secondary N) is 1. The molecule has 0 bridgehead atoms. The summed E-state index contributed by atoms with van der Waals surface area (Å²) in [6, 6.07) is 17.7. The highest BCUT2D eigenvalue weighted by Gasteiger charge is 2.22. The van der Waals surface area contributed by atoms with Crippen LogP contribution in [0.1, 0.15) is 10.4 Å². The van der Waals surface area contributed by atoms with E-state index in [0.717, 1.165) is 75.9 Å². The number of amides is 1. The van der Waals surface area contributed by atoms with Crippen molar-refractivity contribution in [3.05, 3.63) is 60.2 Å². The maximum Gasteiger partial charge on any atom is 0.251 e. The van der Waals surface area contributed by atoms with E-state index >= 15 is 0 Å². The second kappa shape index (κ2) is 9.87. The highest BCUT2D eigenvalue weighted by atomic mass is 32.1. The second-order valence-corrected chi connectivity index (χ2v) is 9.23. The van der Waals surface area contributed by atoms with Crippen molar-refractivity contribution in [1.82, 2.24) is 15.2 Å². The minimum Gasteiger partial charge on any atom is -0.495 e. The minimum atomic E-state index is -0.0205. The van der Waals surface area contributed by atoms with Gasteiger partial charge in [-0.05, 0) is 29.0 Å². The van der Waals surface area contributed by atoms with E-state index in [1.165, 1.54) is 0 Å². The predicted octanol–water partition coefficient (Wildman–Crippen LogP) is 4.02. The number of methoxy groups -OCH3 is 2. The van der Waals surface area contributed by atoms with E-state index in [-0.39, 0.29) is 5.91 Å². The van der Waals surface area contributed by atoms with Crippen molar-refractivity contribution in [2.75, 3.05) is 58.4 Å². The van der Waals surface area contributed by atoms with Gasteiger partial charge in [0, 0.05) is 44.8 Å². The molecule has 0 radical (unpaired) electrons. The molecule has 0 unspecified atom stereocenters. The molecular weight excluding hydrogens is 448 g/mol. The summed E-state index contributed by atoms with van der Waals surface area (Å²) in [6.07, 6.45) is 0. The number of ether oxygens (including phenoxy) is 2. The lowest BCUT2D eigenvalue weighted by atomic mass is 10.0. The number of thiazole rings is 1. The Hall–Kier alpha value is -3.36. The lowest BCUT2D eigenvalue weighted by molar-refractivity contribution is 0.0949. The van der Waals surface area contributed by atoms with Crippen LogP contribution in [-0.4, -0.2) is 69.3 Å². The maximum absolute atomic E-state index is 12.8. The Balaban J connectivity index is 1.17. The largest absolute Gasteiger partial charge is 0.495 e. The zero-order chi connectivity index (χ0) is 23.5. The Morgan fingerprint density at radius 2 is 1.71 bits per heavy atom. The van der Waals surface area contributed by atoms with Gasteiger partial charge in [0.05, 0.1) is 14.2 Å². The molecule has 1 aromatic heterocycles. The van der Waals surface area contributed by atoms with E-state index in [0.29, 0.717) is 6.54 Å². The predicted molar refractivity (Wildman–Crippen MR) is 138 cm³/mol. The number of nitrogens with zero attached hydrogens (tertiary/aromatic N) is 3. The van der Waals surface area contributed by atoms with Crippen molar-refractivity contribution >= 4 is 43.4 Å². The fourth-order valence-electron chi connectivity index (χ4n) is 4.42. The molecule has 2 heterocycles. The molecular formula is C26H28N4O3S. The SMILES string of the molecule is COc1ccc(OC)c2sc(N3CCN(CCNC(=O)c4cccc5ccccc45)CC3)nc12. The van der Waals surface area contributed by atoms with Gasteiger partial charge in [-0.2, -0.15) is 0 Å².